The molecule has 0 radical (unpaired) electrons. The molecule has 18 heavy (non-hydrogen) atoms. The van der Waals surface area contributed by atoms with E-state index in [1.807, 2.05) is 0 Å². The number of hydrogen-bond acceptors (Lipinski definition) is 4. The minimum Gasteiger partial charge on any atom is -0.493 e. The van der Waals surface area contributed by atoms with Crippen LogP contribution >= 0.6 is 0 Å². The van der Waals surface area contributed by atoms with Crippen molar-refractivity contribution in [3.05, 3.63) is 29.1 Å². The van der Waals surface area contributed by atoms with Gasteiger partial charge in [0.2, 0.25) is 5.82 Å². The molecule has 0 N–H and O–H groups in total. The van der Waals surface area contributed by atoms with Crippen LogP contribution < -0.4 is 4.74 Å². The topological polar surface area (TPSA) is 52.6 Å². The number of carbonyl (C=O) groups is 2. The van der Waals surface area contributed by atoms with E-state index in [1.54, 1.807) is 0 Å². The molecular weight excluding hydrogens is 253 g/mol. The Morgan fingerprint density at radius 3 is 2.33 bits per heavy atom. The van der Waals surface area contributed by atoms with Crippen LogP contribution in [-0.2, 0) is 9.53 Å². The third kappa shape index (κ3) is 2.44. The molecule has 0 bridgehead atoms. The van der Waals surface area contributed by atoms with Crippen molar-refractivity contribution in [2.45, 2.75) is 6.92 Å². The monoisotopic (exact) mass is 262 g/mol. The van der Waals surface area contributed by atoms with Crippen LogP contribution in [0, 0.1) is 17.5 Å². The molecule has 0 atom stereocenters. The van der Waals surface area contributed by atoms with Crippen molar-refractivity contribution < 1.29 is 32.2 Å². The number of hydrogen-bond donors (Lipinski definition) is 0. The van der Waals surface area contributed by atoms with Gasteiger partial charge < -0.3 is 9.47 Å². The molecule has 1 aromatic rings. The summed E-state index contributed by atoms with van der Waals surface area (Å²) in [5.74, 6) is -8.52. The quantitative estimate of drug-likeness (QED) is 0.359. The van der Waals surface area contributed by atoms with Gasteiger partial charge in [0.15, 0.2) is 17.4 Å². The summed E-state index contributed by atoms with van der Waals surface area (Å²) in [6.45, 7) is 1.37. The number of esters is 1. The number of ketones is 1. The zero-order valence-corrected chi connectivity index (χ0v) is 9.55. The van der Waals surface area contributed by atoms with Crippen LogP contribution in [-0.4, -0.2) is 25.5 Å². The van der Waals surface area contributed by atoms with Crippen molar-refractivity contribution in [2.75, 3.05) is 13.7 Å². The number of Topliss-reactive ketones (excluding diaryl/α,β-unsaturated/α-hetero) is 1. The lowest BCUT2D eigenvalue weighted by molar-refractivity contribution is -0.137. The highest BCUT2D eigenvalue weighted by molar-refractivity contribution is 6.41. The average molecular weight is 262 g/mol. The molecular formula is C11H9F3O4. The van der Waals surface area contributed by atoms with Crippen LogP contribution in [0.15, 0.2) is 6.07 Å². The molecule has 0 aliphatic heterocycles. The largest absolute Gasteiger partial charge is 0.493 e. The predicted octanol–water partition coefficient (Wildman–Crippen LogP) is 1.86. The number of halogens is 3. The Hall–Kier alpha value is -2.05. The molecule has 0 unspecified atom stereocenters. The first kappa shape index (κ1) is 14.0. The molecule has 1 aromatic carbocycles. The van der Waals surface area contributed by atoms with E-state index in [2.05, 4.69) is 9.47 Å². The standard InChI is InChI=1S/C11H9F3O4/c1-3-18-11(16)9(15)5-4-6(12)7(13)8(14)10(5)17-2/h4H,3H2,1-2H3. The lowest BCUT2D eigenvalue weighted by Gasteiger charge is -2.09. The van der Waals surface area contributed by atoms with E-state index in [9.17, 15) is 22.8 Å². The highest BCUT2D eigenvalue weighted by Crippen LogP contribution is 2.27. The van der Waals surface area contributed by atoms with E-state index in [0.717, 1.165) is 7.11 Å². The summed E-state index contributed by atoms with van der Waals surface area (Å²) in [5.41, 5.74) is -0.729. The van der Waals surface area contributed by atoms with Gasteiger partial charge in [-0.2, -0.15) is 4.39 Å². The summed E-state index contributed by atoms with van der Waals surface area (Å²) in [7, 11) is 0.956. The molecule has 0 aliphatic carbocycles. The number of benzene rings is 1. The van der Waals surface area contributed by atoms with E-state index < -0.39 is 40.5 Å². The van der Waals surface area contributed by atoms with Crippen molar-refractivity contribution >= 4 is 11.8 Å². The molecule has 0 aliphatic rings. The first-order chi connectivity index (χ1) is 8.43. The Morgan fingerprint density at radius 2 is 1.83 bits per heavy atom. The lowest BCUT2D eigenvalue weighted by Crippen LogP contribution is -2.19. The van der Waals surface area contributed by atoms with Crippen molar-refractivity contribution in [3.8, 4) is 5.75 Å². The zero-order chi connectivity index (χ0) is 13.9. The maximum atomic E-state index is 13.3. The Bertz CT molecular complexity index is 500. The van der Waals surface area contributed by atoms with Crippen molar-refractivity contribution in [1.29, 1.82) is 0 Å². The fourth-order valence-corrected chi connectivity index (χ4v) is 1.25. The number of carbonyl (C=O) groups excluding carboxylic acids is 2. The van der Waals surface area contributed by atoms with Crippen LogP contribution in [0.4, 0.5) is 13.2 Å². The SMILES string of the molecule is CCOC(=O)C(=O)c1cc(F)c(F)c(F)c1OC. The minimum atomic E-state index is -1.78. The highest BCUT2D eigenvalue weighted by Gasteiger charge is 2.28. The molecule has 4 nitrogen and oxygen atoms in total. The van der Waals surface area contributed by atoms with Gasteiger partial charge in [0.1, 0.15) is 0 Å². The predicted molar refractivity (Wildman–Crippen MR) is 53.8 cm³/mol. The molecule has 0 fully saturated rings. The first-order valence-corrected chi connectivity index (χ1v) is 4.86. The minimum absolute atomic E-state index is 0.0843. The van der Waals surface area contributed by atoms with E-state index >= 15 is 0 Å². The molecule has 0 aromatic heterocycles. The van der Waals surface area contributed by atoms with Crippen LogP contribution in [0.1, 0.15) is 17.3 Å². The first-order valence-electron chi connectivity index (χ1n) is 4.86. The second-order valence-corrected chi connectivity index (χ2v) is 3.12. The van der Waals surface area contributed by atoms with Crippen LogP contribution in [0.3, 0.4) is 0 Å². The summed E-state index contributed by atoms with van der Waals surface area (Å²) < 4.78 is 48.0. The smallest absolute Gasteiger partial charge is 0.379 e. The van der Waals surface area contributed by atoms with E-state index in [0.29, 0.717) is 6.07 Å². The van der Waals surface area contributed by atoms with E-state index in [-0.39, 0.29) is 6.61 Å². The molecule has 0 amide bonds. The van der Waals surface area contributed by atoms with E-state index in [4.69, 9.17) is 0 Å². The van der Waals surface area contributed by atoms with Crippen molar-refractivity contribution in [1.82, 2.24) is 0 Å². The van der Waals surface area contributed by atoms with Gasteiger partial charge in [-0.05, 0) is 13.0 Å². The third-order valence-corrected chi connectivity index (χ3v) is 2.03. The van der Waals surface area contributed by atoms with Gasteiger partial charge in [-0.3, -0.25) is 4.79 Å². The Morgan fingerprint density at radius 1 is 1.22 bits per heavy atom. The summed E-state index contributed by atoms with van der Waals surface area (Å²) in [6.07, 6.45) is 0. The summed E-state index contributed by atoms with van der Waals surface area (Å²) >= 11 is 0. The van der Waals surface area contributed by atoms with E-state index in [1.165, 1.54) is 6.92 Å². The Kier molecular flexibility index (Phi) is 4.30. The van der Waals surface area contributed by atoms with Gasteiger partial charge in [0.25, 0.3) is 5.78 Å². The molecule has 0 saturated carbocycles. The molecule has 0 spiro atoms. The zero-order valence-electron chi connectivity index (χ0n) is 9.55. The Balaban J connectivity index is 3.32. The van der Waals surface area contributed by atoms with Crippen molar-refractivity contribution in [2.24, 2.45) is 0 Å². The van der Waals surface area contributed by atoms with Gasteiger partial charge in [0, 0.05) is 0 Å². The molecule has 98 valence electrons. The molecule has 0 heterocycles. The number of methoxy groups -OCH3 is 1. The molecule has 1 rings (SSSR count). The fraction of sp³-hybridized carbons (Fsp3) is 0.273. The molecule has 0 saturated heterocycles. The average Bonchev–Trinajstić information content (AvgIpc) is 2.35. The summed E-state index contributed by atoms with van der Waals surface area (Å²) in [4.78, 5) is 22.7. The normalized spacial score (nSPS) is 10.1. The van der Waals surface area contributed by atoms with Gasteiger partial charge in [0.05, 0.1) is 19.3 Å². The third-order valence-electron chi connectivity index (χ3n) is 2.03. The molecule has 7 heteroatoms. The maximum Gasteiger partial charge on any atom is 0.379 e. The fourth-order valence-electron chi connectivity index (χ4n) is 1.25. The van der Waals surface area contributed by atoms with Crippen LogP contribution in [0.25, 0.3) is 0 Å². The maximum absolute atomic E-state index is 13.3. The van der Waals surface area contributed by atoms with Crippen LogP contribution in [0.2, 0.25) is 0 Å². The van der Waals surface area contributed by atoms with Gasteiger partial charge >= 0.3 is 5.97 Å². The summed E-state index contributed by atoms with van der Waals surface area (Å²) in [6, 6.07) is 0.385. The van der Waals surface area contributed by atoms with Gasteiger partial charge in [-0.25, -0.2) is 13.6 Å². The second-order valence-electron chi connectivity index (χ2n) is 3.12. The van der Waals surface area contributed by atoms with Gasteiger partial charge in [-0.15, -0.1) is 0 Å². The highest BCUT2D eigenvalue weighted by atomic mass is 19.2. The number of rotatable bonds is 4. The Labute approximate surface area is 100 Å². The second kappa shape index (κ2) is 5.52. The van der Waals surface area contributed by atoms with Crippen LogP contribution in [0.5, 0.6) is 5.75 Å². The lowest BCUT2D eigenvalue weighted by atomic mass is 10.1. The summed E-state index contributed by atoms with van der Waals surface area (Å²) in [5, 5.41) is 0. The number of ether oxygens (including phenoxy) is 2. The van der Waals surface area contributed by atoms with Crippen molar-refractivity contribution in [3.63, 3.8) is 0 Å². The van der Waals surface area contributed by atoms with Gasteiger partial charge in [-0.1, -0.05) is 0 Å².